The largest absolute Gasteiger partial charge is 0.496 e. The SMILES string of the molecule is COc1cc(C)cc(C)c1-c1ccc2ccc(C3CCCCC3B3OC(C)(C)C(C)(C)O3)nc2n1. The molecule has 1 aromatic carbocycles. The van der Waals surface area contributed by atoms with Gasteiger partial charge in [-0.3, -0.25) is 0 Å². The molecule has 5 nitrogen and oxygen atoms in total. The van der Waals surface area contributed by atoms with Gasteiger partial charge in [0, 0.05) is 28.4 Å². The molecule has 1 saturated carbocycles. The standard InChI is InChI=1S/C29H37BN2O3/c1-18-16-19(2)26(25(17-18)33-7)24-15-13-20-12-14-23(31-27(20)32-24)21-10-8-9-11-22(21)30-34-28(3,4)29(5,6)35-30/h12-17,21-22H,8-11H2,1-7H3. The van der Waals surface area contributed by atoms with Crippen molar-refractivity contribution in [2.24, 2.45) is 0 Å². The summed E-state index contributed by atoms with van der Waals surface area (Å²) in [6.45, 7) is 12.7. The molecule has 6 heteroatoms. The van der Waals surface area contributed by atoms with Gasteiger partial charge in [-0.1, -0.05) is 25.3 Å². The van der Waals surface area contributed by atoms with Crippen LogP contribution in [0.4, 0.5) is 0 Å². The number of nitrogens with zero attached hydrogens (tertiary/aromatic N) is 2. The molecule has 1 aliphatic heterocycles. The molecule has 3 heterocycles. The van der Waals surface area contributed by atoms with Crippen LogP contribution in [0, 0.1) is 13.8 Å². The minimum Gasteiger partial charge on any atom is -0.496 e. The van der Waals surface area contributed by atoms with Gasteiger partial charge in [-0.2, -0.15) is 0 Å². The third-order valence-corrected chi connectivity index (χ3v) is 8.31. The van der Waals surface area contributed by atoms with Crippen LogP contribution in [0.3, 0.4) is 0 Å². The zero-order chi connectivity index (χ0) is 25.0. The summed E-state index contributed by atoms with van der Waals surface area (Å²) in [4.78, 5) is 10.1. The van der Waals surface area contributed by atoms with Gasteiger partial charge in [0.15, 0.2) is 5.65 Å². The highest BCUT2D eigenvalue weighted by atomic mass is 16.7. The molecular weight excluding hydrogens is 435 g/mol. The molecule has 0 N–H and O–H groups in total. The van der Waals surface area contributed by atoms with Gasteiger partial charge in [-0.15, -0.1) is 0 Å². The number of methoxy groups -OCH3 is 1. The minimum atomic E-state index is -0.322. The monoisotopic (exact) mass is 472 g/mol. The number of pyridine rings is 2. The second-order valence-corrected chi connectivity index (χ2v) is 11.3. The molecule has 3 aromatic rings. The van der Waals surface area contributed by atoms with Crippen LogP contribution in [-0.2, 0) is 9.31 Å². The summed E-state index contributed by atoms with van der Waals surface area (Å²) < 4.78 is 18.7. The van der Waals surface area contributed by atoms with Gasteiger partial charge in [0.2, 0.25) is 0 Å². The van der Waals surface area contributed by atoms with Gasteiger partial charge in [0.25, 0.3) is 0 Å². The molecule has 0 radical (unpaired) electrons. The molecule has 0 amide bonds. The molecule has 2 fully saturated rings. The summed E-state index contributed by atoms with van der Waals surface area (Å²) in [5.41, 5.74) is 5.47. The van der Waals surface area contributed by atoms with Gasteiger partial charge in [0.05, 0.1) is 24.0 Å². The van der Waals surface area contributed by atoms with Crippen molar-refractivity contribution < 1.29 is 14.0 Å². The third kappa shape index (κ3) is 4.36. The molecule has 5 rings (SSSR count). The Hall–Kier alpha value is -2.44. The van der Waals surface area contributed by atoms with E-state index >= 15 is 0 Å². The first-order chi connectivity index (χ1) is 16.6. The summed E-state index contributed by atoms with van der Waals surface area (Å²) in [7, 11) is 1.51. The number of fused-ring (bicyclic) bond motifs is 1. The molecular formula is C29H37BN2O3. The van der Waals surface area contributed by atoms with Crippen molar-refractivity contribution in [2.75, 3.05) is 7.11 Å². The first-order valence-corrected chi connectivity index (χ1v) is 12.9. The molecule has 2 aromatic heterocycles. The van der Waals surface area contributed by atoms with E-state index in [9.17, 15) is 0 Å². The second-order valence-electron chi connectivity index (χ2n) is 11.3. The molecule has 0 spiro atoms. The number of ether oxygens (including phenoxy) is 1. The average molecular weight is 472 g/mol. The number of hydrogen-bond donors (Lipinski definition) is 0. The van der Waals surface area contributed by atoms with Crippen LogP contribution in [0.1, 0.15) is 76.1 Å². The molecule has 35 heavy (non-hydrogen) atoms. The Morgan fingerprint density at radius 3 is 2.31 bits per heavy atom. The van der Waals surface area contributed by atoms with Gasteiger partial charge >= 0.3 is 7.12 Å². The molecule has 1 saturated heterocycles. The lowest BCUT2D eigenvalue weighted by Gasteiger charge is -2.32. The number of rotatable bonds is 4. The number of aryl methyl sites for hydroxylation is 2. The lowest BCUT2D eigenvalue weighted by molar-refractivity contribution is 0.00578. The normalized spacial score (nSPS) is 23.6. The Labute approximate surface area is 209 Å². The van der Waals surface area contributed by atoms with Crippen LogP contribution in [0.25, 0.3) is 22.3 Å². The maximum atomic E-state index is 6.49. The Bertz CT molecular complexity index is 1240. The van der Waals surface area contributed by atoms with Gasteiger partial charge < -0.3 is 14.0 Å². The number of hydrogen-bond acceptors (Lipinski definition) is 5. The minimum absolute atomic E-state index is 0.207. The smallest absolute Gasteiger partial charge is 0.461 e. The van der Waals surface area contributed by atoms with E-state index < -0.39 is 0 Å². The third-order valence-electron chi connectivity index (χ3n) is 8.31. The Kier molecular flexibility index (Phi) is 6.17. The number of benzene rings is 1. The lowest BCUT2D eigenvalue weighted by atomic mass is 9.58. The molecule has 1 aliphatic carbocycles. The predicted octanol–water partition coefficient (Wildman–Crippen LogP) is 7.04. The van der Waals surface area contributed by atoms with Crippen LogP contribution >= 0.6 is 0 Å². The molecule has 2 atom stereocenters. The van der Waals surface area contributed by atoms with E-state index in [0.717, 1.165) is 52.1 Å². The van der Waals surface area contributed by atoms with E-state index in [-0.39, 0.29) is 24.1 Å². The van der Waals surface area contributed by atoms with Crippen LogP contribution < -0.4 is 4.74 Å². The van der Waals surface area contributed by atoms with E-state index in [0.29, 0.717) is 5.92 Å². The van der Waals surface area contributed by atoms with Crippen molar-refractivity contribution in [3.8, 4) is 17.0 Å². The zero-order valence-electron chi connectivity index (χ0n) is 22.1. The lowest BCUT2D eigenvalue weighted by Crippen LogP contribution is -2.41. The second kappa shape index (κ2) is 8.90. The van der Waals surface area contributed by atoms with Crippen molar-refractivity contribution in [2.45, 2.75) is 90.2 Å². The van der Waals surface area contributed by atoms with Crippen LogP contribution in [0.15, 0.2) is 36.4 Å². The quantitative estimate of drug-likeness (QED) is 0.381. The van der Waals surface area contributed by atoms with Crippen molar-refractivity contribution in [3.05, 3.63) is 53.2 Å². The fraction of sp³-hybridized carbons (Fsp3) is 0.517. The van der Waals surface area contributed by atoms with Crippen molar-refractivity contribution in [3.63, 3.8) is 0 Å². The van der Waals surface area contributed by atoms with Crippen LogP contribution in [0.2, 0.25) is 5.82 Å². The van der Waals surface area contributed by atoms with Crippen LogP contribution in [0.5, 0.6) is 5.75 Å². The highest BCUT2D eigenvalue weighted by Crippen LogP contribution is 2.49. The van der Waals surface area contributed by atoms with Crippen LogP contribution in [-0.4, -0.2) is 35.4 Å². The van der Waals surface area contributed by atoms with Crippen molar-refractivity contribution >= 4 is 18.2 Å². The molecule has 2 unspecified atom stereocenters. The molecule has 0 bridgehead atoms. The first-order valence-electron chi connectivity index (χ1n) is 12.9. The summed E-state index contributed by atoms with van der Waals surface area (Å²) in [6.07, 6.45) is 4.59. The number of aromatic nitrogens is 2. The summed E-state index contributed by atoms with van der Waals surface area (Å²) in [5.74, 6) is 1.43. The van der Waals surface area contributed by atoms with E-state index in [1.165, 1.54) is 18.4 Å². The topological polar surface area (TPSA) is 53.5 Å². The van der Waals surface area contributed by atoms with Gasteiger partial charge in [-0.25, -0.2) is 9.97 Å². The van der Waals surface area contributed by atoms with E-state index in [1.807, 2.05) is 0 Å². The fourth-order valence-corrected chi connectivity index (χ4v) is 5.69. The van der Waals surface area contributed by atoms with Crippen molar-refractivity contribution in [1.82, 2.24) is 9.97 Å². The fourth-order valence-electron chi connectivity index (χ4n) is 5.69. The summed E-state index contributed by atoms with van der Waals surface area (Å²) in [6, 6.07) is 12.7. The molecule has 184 valence electrons. The Morgan fingerprint density at radius 1 is 0.914 bits per heavy atom. The maximum Gasteiger partial charge on any atom is 0.461 e. The van der Waals surface area contributed by atoms with Gasteiger partial charge in [-0.05, 0) is 89.4 Å². The Balaban J connectivity index is 1.52. The Morgan fingerprint density at radius 2 is 1.60 bits per heavy atom. The summed E-state index contributed by atoms with van der Waals surface area (Å²) >= 11 is 0. The van der Waals surface area contributed by atoms with E-state index in [4.69, 9.17) is 24.0 Å². The highest BCUT2D eigenvalue weighted by Gasteiger charge is 2.55. The average Bonchev–Trinajstić information content (AvgIpc) is 3.04. The zero-order valence-corrected chi connectivity index (χ0v) is 22.1. The highest BCUT2D eigenvalue weighted by molar-refractivity contribution is 6.47. The maximum absolute atomic E-state index is 6.49. The predicted molar refractivity (Wildman–Crippen MR) is 142 cm³/mol. The summed E-state index contributed by atoms with van der Waals surface area (Å²) in [5, 5.41) is 1.05. The van der Waals surface area contributed by atoms with E-state index in [1.54, 1.807) is 7.11 Å². The molecule has 2 aliphatic rings. The first kappa shape index (κ1) is 24.3. The van der Waals surface area contributed by atoms with Gasteiger partial charge in [0.1, 0.15) is 5.75 Å². The van der Waals surface area contributed by atoms with Crippen molar-refractivity contribution in [1.29, 1.82) is 0 Å². The van der Waals surface area contributed by atoms with E-state index in [2.05, 4.69) is 77.9 Å².